The monoisotopic (exact) mass is 299 g/mol. The Labute approximate surface area is 128 Å². The van der Waals surface area contributed by atoms with Crippen molar-refractivity contribution < 1.29 is 9.90 Å². The zero-order chi connectivity index (χ0) is 15.2. The summed E-state index contributed by atoms with van der Waals surface area (Å²) in [4.78, 5) is 14.9. The van der Waals surface area contributed by atoms with Crippen LogP contribution in [0.1, 0.15) is 27.2 Å². The van der Waals surface area contributed by atoms with Crippen LogP contribution in [-0.4, -0.2) is 24.7 Å². The average molecular weight is 299 g/mol. The smallest absolute Gasteiger partial charge is 0.269 e. The number of carbonyl (C=O) groups excluding carboxylic acids is 1. The van der Waals surface area contributed by atoms with Crippen molar-refractivity contribution in [3.05, 3.63) is 51.7 Å². The second-order valence-electron chi connectivity index (χ2n) is 4.59. The molecular formula is C17H17NO2S. The quantitative estimate of drug-likeness (QED) is 0.885. The summed E-state index contributed by atoms with van der Waals surface area (Å²) in [5.41, 5.74) is 2.67. The maximum absolute atomic E-state index is 12.6. The van der Waals surface area contributed by atoms with Gasteiger partial charge >= 0.3 is 0 Å². The van der Waals surface area contributed by atoms with Crippen molar-refractivity contribution in [2.45, 2.75) is 13.3 Å². The summed E-state index contributed by atoms with van der Waals surface area (Å²) in [6.07, 6.45) is 0.414. The highest BCUT2D eigenvalue weighted by Crippen LogP contribution is 2.23. The number of aliphatic hydroxyl groups is 1. The lowest BCUT2D eigenvalue weighted by molar-refractivity contribution is 0.0996. The van der Waals surface area contributed by atoms with E-state index in [0.29, 0.717) is 11.3 Å². The summed E-state index contributed by atoms with van der Waals surface area (Å²) < 4.78 is 0. The van der Waals surface area contributed by atoms with Gasteiger partial charge < -0.3 is 10.0 Å². The summed E-state index contributed by atoms with van der Waals surface area (Å²) >= 11 is 1.39. The SMILES string of the molecule is Cc1ccccc1N(C)C(=O)c1sccc1C#CCCO. The number of anilines is 1. The molecule has 1 aromatic heterocycles. The number of benzene rings is 1. The molecule has 2 rings (SSSR count). The molecule has 1 aromatic carbocycles. The Morgan fingerprint density at radius 1 is 1.33 bits per heavy atom. The predicted molar refractivity (Wildman–Crippen MR) is 86.8 cm³/mol. The van der Waals surface area contributed by atoms with E-state index in [-0.39, 0.29) is 12.5 Å². The first-order valence-electron chi connectivity index (χ1n) is 6.66. The molecule has 108 valence electrons. The van der Waals surface area contributed by atoms with Crippen molar-refractivity contribution in [2.24, 2.45) is 0 Å². The van der Waals surface area contributed by atoms with Gasteiger partial charge in [0.1, 0.15) is 4.88 Å². The molecule has 3 nitrogen and oxygen atoms in total. The van der Waals surface area contributed by atoms with E-state index < -0.39 is 0 Å². The molecule has 0 aliphatic rings. The number of thiophene rings is 1. The number of aryl methyl sites for hydroxylation is 1. The molecule has 0 aliphatic heterocycles. The van der Waals surface area contributed by atoms with Crippen LogP contribution in [0.25, 0.3) is 0 Å². The van der Waals surface area contributed by atoms with Crippen molar-refractivity contribution in [1.29, 1.82) is 0 Å². The van der Waals surface area contributed by atoms with Crippen LogP contribution in [0.2, 0.25) is 0 Å². The zero-order valence-corrected chi connectivity index (χ0v) is 12.9. The van der Waals surface area contributed by atoms with Crippen molar-refractivity contribution in [3.8, 4) is 11.8 Å². The Morgan fingerprint density at radius 3 is 2.81 bits per heavy atom. The fraction of sp³-hybridized carbons (Fsp3) is 0.235. The molecule has 0 radical (unpaired) electrons. The minimum Gasteiger partial charge on any atom is -0.395 e. The second kappa shape index (κ2) is 7.07. The number of para-hydroxylation sites is 1. The van der Waals surface area contributed by atoms with Crippen LogP contribution in [-0.2, 0) is 0 Å². The highest BCUT2D eigenvalue weighted by molar-refractivity contribution is 7.12. The summed E-state index contributed by atoms with van der Waals surface area (Å²) in [6.45, 7) is 2.01. The topological polar surface area (TPSA) is 40.5 Å². The molecule has 0 unspecified atom stereocenters. The number of amides is 1. The molecule has 0 spiro atoms. The molecule has 0 atom stereocenters. The largest absolute Gasteiger partial charge is 0.395 e. The highest BCUT2D eigenvalue weighted by atomic mass is 32.1. The number of carbonyl (C=O) groups is 1. The Morgan fingerprint density at radius 2 is 2.10 bits per heavy atom. The molecule has 0 aliphatic carbocycles. The first-order chi connectivity index (χ1) is 10.1. The number of hydrogen-bond donors (Lipinski definition) is 1. The third kappa shape index (κ3) is 3.52. The van der Waals surface area contributed by atoms with E-state index in [9.17, 15) is 4.79 Å². The standard InChI is InChI=1S/C17H17NO2S/c1-13-7-3-4-9-15(13)18(2)17(20)16-14(10-12-21-16)8-5-6-11-19/h3-4,7,9-10,12,19H,6,11H2,1-2H3. The van der Waals surface area contributed by atoms with Crippen LogP contribution in [0, 0.1) is 18.8 Å². The van der Waals surface area contributed by atoms with Gasteiger partial charge in [0.25, 0.3) is 5.91 Å². The summed E-state index contributed by atoms with van der Waals surface area (Å²) in [7, 11) is 1.77. The van der Waals surface area contributed by atoms with Crippen molar-refractivity contribution in [1.82, 2.24) is 0 Å². The Bertz CT molecular complexity index is 694. The predicted octanol–water partition coefficient (Wildman–Crippen LogP) is 3.07. The van der Waals surface area contributed by atoms with E-state index in [2.05, 4.69) is 11.8 Å². The van der Waals surface area contributed by atoms with E-state index in [4.69, 9.17) is 5.11 Å². The Kier molecular flexibility index (Phi) is 5.15. The van der Waals surface area contributed by atoms with Crippen LogP contribution in [0.4, 0.5) is 5.69 Å². The molecule has 0 saturated carbocycles. The lowest BCUT2D eigenvalue weighted by Crippen LogP contribution is -2.26. The summed E-state index contributed by atoms with van der Waals surface area (Å²) in [6, 6.07) is 9.62. The Hall–Kier alpha value is -2.09. The highest BCUT2D eigenvalue weighted by Gasteiger charge is 2.18. The summed E-state index contributed by atoms with van der Waals surface area (Å²) in [5, 5.41) is 10.6. The first kappa shape index (κ1) is 15.3. The van der Waals surface area contributed by atoms with Gasteiger partial charge in [-0.2, -0.15) is 0 Å². The molecule has 21 heavy (non-hydrogen) atoms. The average Bonchev–Trinajstić information content (AvgIpc) is 2.95. The van der Waals surface area contributed by atoms with Crippen molar-refractivity contribution >= 4 is 22.9 Å². The van der Waals surface area contributed by atoms with Crippen molar-refractivity contribution in [2.75, 3.05) is 18.6 Å². The third-order valence-corrected chi connectivity index (χ3v) is 4.00. The number of aliphatic hydroxyl groups excluding tert-OH is 1. The molecule has 2 aromatic rings. The number of nitrogens with zero attached hydrogens (tertiary/aromatic N) is 1. The van der Waals surface area contributed by atoms with Crippen LogP contribution >= 0.6 is 11.3 Å². The Balaban J connectivity index is 2.27. The molecule has 1 amide bonds. The van der Waals surface area contributed by atoms with Crippen LogP contribution in [0.3, 0.4) is 0 Å². The fourth-order valence-corrected chi connectivity index (χ4v) is 2.81. The van der Waals surface area contributed by atoms with Gasteiger partial charge in [0.05, 0.1) is 6.61 Å². The van der Waals surface area contributed by atoms with Crippen LogP contribution < -0.4 is 4.90 Å². The van der Waals surface area contributed by atoms with Gasteiger partial charge in [-0.3, -0.25) is 4.79 Å². The third-order valence-electron chi connectivity index (χ3n) is 3.10. The van der Waals surface area contributed by atoms with E-state index in [1.54, 1.807) is 11.9 Å². The normalized spacial score (nSPS) is 9.86. The van der Waals surface area contributed by atoms with Gasteiger partial charge in [-0.05, 0) is 30.0 Å². The maximum Gasteiger partial charge on any atom is 0.269 e. The molecule has 4 heteroatoms. The molecule has 1 heterocycles. The van der Waals surface area contributed by atoms with Gasteiger partial charge in [-0.15, -0.1) is 11.3 Å². The van der Waals surface area contributed by atoms with Gasteiger partial charge in [0.15, 0.2) is 0 Å². The van der Waals surface area contributed by atoms with Crippen LogP contribution in [0.15, 0.2) is 35.7 Å². The molecule has 1 N–H and O–H groups in total. The fourth-order valence-electron chi connectivity index (χ4n) is 1.99. The van der Waals surface area contributed by atoms with Gasteiger partial charge in [0.2, 0.25) is 0 Å². The van der Waals surface area contributed by atoms with E-state index >= 15 is 0 Å². The van der Waals surface area contributed by atoms with E-state index in [0.717, 1.165) is 16.8 Å². The van der Waals surface area contributed by atoms with Gasteiger partial charge in [-0.1, -0.05) is 30.0 Å². The lowest BCUT2D eigenvalue weighted by atomic mass is 10.1. The summed E-state index contributed by atoms with van der Waals surface area (Å²) in [5.74, 6) is 5.75. The minimum absolute atomic E-state index is 0.0313. The molecule has 0 fully saturated rings. The molecule has 0 saturated heterocycles. The van der Waals surface area contributed by atoms with Gasteiger partial charge in [-0.25, -0.2) is 0 Å². The molecule has 0 bridgehead atoms. The first-order valence-corrected chi connectivity index (χ1v) is 7.54. The second-order valence-corrected chi connectivity index (χ2v) is 5.51. The number of hydrogen-bond acceptors (Lipinski definition) is 3. The minimum atomic E-state index is -0.0624. The van der Waals surface area contributed by atoms with E-state index in [1.807, 2.05) is 42.6 Å². The zero-order valence-electron chi connectivity index (χ0n) is 12.1. The van der Waals surface area contributed by atoms with E-state index in [1.165, 1.54) is 11.3 Å². The molecular weight excluding hydrogens is 282 g/mol. The van der Waals surface area contributed by atoms with Crippen LogP contribution in [0.5, 0.6) is 0 Å². The lowest BCUT2D eigenvalue weighted by Gasteiger charge is -2.19. The van der Waals surface area contributed by atoms with Crippen molar-refractivity contribution in [3.63, 3.8) is 0 Å². The maximum atomic E-state index is 12.6. The number of rotatable bonds is 3. The van der Waals surface area contributed by atoms with Gasteiger partial charge in [0, 0.05) is 24.7 Å².